The number of nitrogens with zero attached hydrogens (tertiary/aromatic N) is 1. The molecule has 0 spiro atoms. The first kappa shape index (κ1) is 14.5. The van der Waals surface area contributed by atoms with E-state index in [4.69, 9.17) is 0 Å². The number of phenols is 1. The summed E-state index contributed by atoms with van der Waals surface area (Å²) in [5.41, 5.74) is 0.824. The molecule has 0 aliphatic carbocycles. The number of benzene rings is 1. The standard InChI is InChI=1S/C14H22N2O2/c1-11(2)16(3)8-7-15-14(18)10-12-5-4-6-13(17)9-12/h4-6,9,11,17H,7-8,10H2,1-3H3,(H,15,18). The van der Waals surface area contributed by atoms with Crippen LogP contribution in [-0.4, -0.2) is 42.1 Å². The molecule has 0 bridgehead atoms. The minimum Gasteiger partial charge on any atom is -0.508 e. The average molecular weight is 250 g/mol. The molecule has 0 aliphatic rings. The summed E-state index contributed by atoms with van der Waals surface area (Å²) in [5, 5.41) is 12.2. The fourth-order valence-electron chi connectivity index (χ4n) is 1.54. The van der Waals surface area contributed by atoms with Gasteiger partial charge in [0, 0.05) is 19.1 Å². The number of phenolic OH excluding ortho intramolecular Hbond substituents is 1. The number of hydrogen-bond acceptors (Lipinski definition) is 3. The van der Waals surface area contributed by atoms with E-state index in [1.165, 1.54) is 0 Å². The average Bonchev–Trinajstić information content (AvgIpc) is 2.28. The van der Waals surface area contributed by atoms with Crippen LogP contribution in [-0.2, 0) is 11.2 Å². The van der Waals surface area contributed by atoms with Gasteiger partial charge in [-0.05, 0) is 38.6 Å². The number of aromatic hydroxyl groups is 1. The molecular formula is C14H22N2O2. The van der Waals surface area contributed by atoms with Gasteiger partial charge in [-0.15, -0.1) is 0 Å². The van der Waals surface area contributed by atoms with Crippen LogP contribution in [0, 0.1) is 0 Å². The number of likely N-dealkylation sites (N-methyl/N-ethyl adjacent to an activating group) is 1. The van der Waals surface area contributed by atoms with Gasteiger partial charge in [0.2, 0.25) is 5.91 Å². The summed E-state index contributed by atoms with van der Waals surface area (Å²) in [7, 11) is 2.03. The van der Waals surface area contributed by atoms with Gasteiger partial charge in [0.05, 0.1) is 6.42 Å². The normalized spacial score (nSPS) is 10.9. The zero-order valence-corrected chi connectivity index (χ0v) is 11.3. The molecule has 0 heterocycles. The van der Waals surface area contributed by atoms with E-state index < -0.39 is 0 Å². The van der Waals surface area contributed by atoms with E-state index in [9.17, 15) is 9.90 Å². The molecule has 4 nitrogen and oxygen atoms in total. The van der Waals surface area contributed by atoms with Crippen molar-refractivity contribution in [2.45, 2.75) is 26.3 Å². The van der Waals surface area contributed by atoms with Gasteiger partial charge in [0.1, 0.15) is 5.75 Å². The Bertz CT molecular complexity index is 391. The molecule has 100 valence electrons. The molecule has 0 aromatic heterocycles. The van der Waals surface area contributed by atoms with E-state index >= 15 is 0 Å². The molecule has 0 atom stereocenters. The molecule has 0 radical (unpaired) electrons. The maximum atomic E-state index is 11.7. The van der Waals surface area contributed by atoms with E-state index in [0.717, 1.165) is 12.1 Å². The number of amides is 1. The first-order chi connectivity index (χ1) is 8.49. The maximum Gasteiger partial charge on any atom is 0.224 e. The highest BCUT2D eigenvalue weighted by Gasteiger charge is 2.06. The second-order valence-corrected chi connectivity index (χ2v) is 4.77. The smallest absolute Gasteiger partial charge is 0.224 e. The zero-order valence-electron chi connectivity index (χ0n) is 11.3. The highest BCUT2D eigenvalue weighted by atomic mass is 16.3. The van der Waals surface area contributed by atoms with Crippen molar-refractivity contribution in [3.05, 3.63) is 29.8 Å². The van der Waals surface area contributed by atoms with Crippen molar-refractivity contribution in [2.24, 2.45) is 0 Å². The van der Waals surface area contributed by atoms with Crippen LogP contribution in [0.15, 0.2) is 24.3 Å². The molecule has 1 rings (SSSR count). The van der Waals surface area contributed by atoms with Crippen LogP contribution in [0.4, 0.5) is 0 Å². The number of nitrogens with one attached hydrogen (secondary N) is 1. The Hall–Kier alpha value is -1.55. The Morgan fingerprint density at radius 2 is 2.17 bits per heavy atom. The van der Waals surface area contributed by atoms with E-state index in [0.29, 0.717) is 19.0 Å². The third-order valence-electron chi connectivity index (χ3n) is 2.94. The summed E-state index contributed by atoms with van der Waals surface area (Å²) in [6.07, 6.45) is 0.305. The van der Waals surface area contributed by atoms with E-state index in [2.05, 4.69) is 24.1 Å². The van der Waals surface area contributed by atoms with Crippen LogP contribution in [0.3, 0.4) is 0 Å². The fraction of sp³-hybridized carbons (Fsp3) is 0.500. The van der Waals surface area contributed by atoms with Crippen molar-refractivity contribution in [3.63, 3.8) is 0 Å². The minimum atomic E-state index is -0.0160. The number of carbonyl (C=O) groups is 1. The van der Waals surface area contributed by atoms with Crippen LogP contribution < -0.4 is 5.32 Å². The lowest BCUT2D eigenvalue weighted by molar-refractivity contribution is -0.120. The largest absolute Gasteiger partial charge is 0.508 e. The SMILES string of the molecule is CC(C)N(C)CCNC(=O)Cc1cccc(O)c1. The zero-order chi connectivity index (χ0) is 13.5. The second-order valence-electron chi connectivity index (χ2n) is 4.77. The molecule has 1 amide bonds. The lowest BCUT2D eigenvalue weighted by atomic mass is 10.1. The van der Waals surface area contributed by atoms with Gasteiger partial charge in [-0.1, -0.05) is 12.1 Å². The number of hydrogen-bond donors (Lipinski definition) is 2. The molecule has 0 saturated heterocycles. The van der Waals surface area contributed by atoms with Crippen molar-refractivity contribution in [1.82, 2.24) is 10.2 Å². The maximum absolute atomic E-state index is 11.7. The summed E-state index contributed by atoms with van der Waals surface area (Å²) in [5.74, 6) is 0.178. The van der Waals surface area contributed by atoms with Crippen LogP contribution in [0.2, 0.25) is 0 Å². The summed E-state index contributed by atoms with van der Waals surface area (Å²) in [6, 6.07) is 7.26. The highest BCUT2D eigenvalue weighted by Crippen LogP contribution is 2.11. The van der Waals surface area contributed by atoms with Gasteiger partial charge in [-0.25, -0.2) is 0 Å². The van der Waals surface area contributed by atoms with E-state index in [-0.39, 0.29) is 11.7 Å². The van der Waals surface area contributed by atoms with Crippen LogP contribution in [0.5, 0.6) is 5.75 Å². The topological polar surface area (TPSA) is 52.6 Å². The fourth-order valence-corrected chi connectivity index (χ4v) is 1.54. The third-order valence-corrected chi connectivity index (χ3v) is 2.94. The molecule has 4 heteroatoms. The summed E-state index contributed by atoms with van der Waals surface area (Å²) >= 11 is 0. The van der Waals surface area contributed by atoms with Gasteiger partial charge in [0.25, 0.3) is 0 Å². The van der Waals surface area contributed by atoms with Crippen molar-refractivity contribution < 1.29 is 9.90 Å². The summed E-state index contributed by atoms with van der Waals surface area (Å²) in [4.78, 5) is 13.8. The molecule has 2 N–H and O–H groups in total. The van der Waals surface area contributed by atoms with Crippen molar-refractivity contribution in [2.75, 3.05) is 20.1 Å². The molecule has 0 aliphatic heterocycles. The summed E-state index contributed by atoms with van der Waals surface area (Å²) < 4.78 is 0. The molecular weight excluding hydrogens is 228 g/mol. The van der Waals surface area contributed by atoms with Gasteiger partial charge in [-0.2, -0.15) is 0 Å². The van der Waals surface area contributed by atoms with Gasteiger partial charge >= 0.3 is 0 Å². The molecule has 0 saturated carbocycles. The molecule has 0 fully saturated rings. The Kier molecular flexibility index (Phi) is 5.65. The number of carbonyl (C=O) groups excluding carboxylic acids is 1. The van der Waals surface area contributed by atoms with Crippen LogP contribution in [0.25, 0.3) is 0 Å². The van der Waals surface area contributed by atoms with Gasteiger partial charge < -0.3 is 15.3 Å². The van der Waals surface area contributed by atoms with E-state index in [1.807, 2.05) is 13.1 Å². The number of rotatable bonds is 6. The first-order valence-electron chi connectivity index (χ1n) is 6.24. The third kappa shape index (κ3) is 5.19. The molecule has 18 heavy (non-hydrogen) atoms. The van der Waals surface area contributed by atoms with Crippen molar-refractivity contribution in [3.8, 4) is 5.75 Å². The Balaban J connectivity index is 2.30. The lowest BCUT2D eigenvalue weighted by Gasteiger charge is -2.20. The highest BCUT2D eigenvalue weighted by molar-refractivity contribution is 5.78. The van der Waals surface area contributed by atoms with Gasteiger partial charge in [-0.3, -0.25) is 4.79 Å². The predicted molar refractivity (Wildman–Crippen MR) is 72.6 cm³/mol. The quantitative estimate of drug-likeness (QED) is 0.802. The first-order valence-corrected chi connectivity index (χ1v) is 6.24. The Morgan fingerprint density at radius 3 is 2.78 bits per heavy atom. The Morgan fingerprint density at radius 1 is 1.44 bits per heavy atom. The van der Waals surface area contributed by atoms with Crippen LogP contribution in [0.1, 0.15) is 19.4 Å². The van der Waals surface area contributed by atoms with Crippen LogP contribution >= 0.6 is 0 Å². The molecule has 1 aromatic carbocycles. The Labute approximate surface area is 109 Å². The lowest BCUT2D eigenvalue weighted by Crippen LogP contribution is -2.36. The second kappa shape index (κ2) is 7.01. The van der Waals surface area contributed by atoms with Crippen molar-refractivity contribution in [1.29, 1.82) is 0 Å². The minimum absolute atomic E-state index is 0.0160. The molecule has 0 unspecified atom stereocenters. The predicted octanol–water partition coefficient (Wildman–Crippen LogP) is 1.39. The van der Waals surface area contributed by atoms with Crippen molar-refractivity contribution >= 4 is 5.91 Å². The van der Waals surface area contributed by atoms with E-state index in [1.54, 1.807) is 18.2 Å². The molecule has 1 aromatic rings. The van der Waals surface area contributed by atoms with Gasteiger partial charge in [0.15, 0.2) is 0 Å². The monoisotopic (exact) mass is 250 g/mol. The summed E-state index contributed by atoms with van der Waals surface area (Å²) in [6.45, 7) is 5.72.